The van der Waals surface area contributed by atoms with E-state index >= 15 is 0 Å². The first kappa shape index (κ1) is 14.4. The minimum atomic E-state index is -1.20. The fourth-order valence-corrected chi connectivity index (χ4v) is 1.86. The molecule has 0 heterocycles. The van der Waals surface area contributed by atoms with Crippen molar-refractivity contribution in [3.05, 3.63) is 35.6 Å². The van der Waals surface area contributed by atoms with Crippen LogP contribution >= 0.6 is 0 Å². The Bertz CT molecular complexity index is 409. The molecule has 0 aliphatic heterocycles. The third-order valence-electron chi connectivity index (χ3n) is 2.61. The number of hydrogen-bond acceptors (Lipinski definition) is 2. The normalized spacial score (nSPS) is 14.3. The highest BCUT2D eigenvalue weighted by molar-refractivity contribution is 5.65. The zero-order valence-corrected chi connectivity index (χ0v) is 10.4. The van der Waals surface area contributed by atoms with E-state index in [-0.39, 0.29) is 5.92 Å². The molecule has 3 N–H and O–H groups in total. The summed E-state index contributed by atoms with van der Waals surface area (Å²) in [6, 6.07) is 4.90. The van der Waals surface area contributed by atoms with Gasteiger partial charge in [0, 0.05) is 0 Å². The summed E-state index contributed by atoms with van der Waals surface area (Å²) in [4.78, 5) is 10.7. The topological polar surface area (TPSA) is 69.6 Å². The van der Waals surface area contributed by atoms with E-state index in [1.54, 1.807) is 6.07 Å². The molecule has 18 heavy (non-hydrogen) atoms. The van der Waals surface area contributed by atoms with Gasteiger partial charge in [0.05, 0.1) is 12.1 Å². The Morgan fingerprint density at radius 3 is 2.61 bits per heavy atom. The van der Waals surface area contributed by atoms with Crippen LogP contribution in [0.1, 0.15) is 31.9 Å². The minimum absolute atomic E-state index is 0.213. The lowest BCUT2D eigenvalue weighted by molar-refractivity contribution is 0.110. The van der Waals surface area contributed by atoms with Crippen molar-refractivity contribution in [3.8, 4) is 0 Å². The maximum absolute atomic E-state index is 13.1. The van der Waals surface area contributed by atoms with E-state index < -0.39 is 24.1 Å². The summed E-state index contributed by atoms with van der Waals surface area (Å²) >= 11 is 0. The highest BCUT2D eigenvalue weighted by Crippen LogP contribution is 2.22. The van der Waals surface area contributed by atoms with Gasteiger partial charge in [-0.1, -0.05) is 26.0 Å². The number of carbonyl (C=O) groups is 1. The van der Waals surface area contributed by atoms with Crippen LogP contribution in [0.2, 0.25) is 0 Å². The van der Waals surface area contributed by atoms with Crippen LogP contribution in [-0.2, 0) is 0 Å². The average molecular weight is 255 g/mol. The molecule has 0 spiro atoms. The third-order valence-corrected chi connectivity index (χ3v) is 2.61. The van der Waals surface area contributed by atoms with E-state index in [1.165, 1.54) is 18.2 Å². The van der Waals surface area contributed by atoms with Gasteiger partial charge in [0.1, 0.15) is 5.82 Å². The standard InChI is InChI=1S/C13H18FNO3/c1-8(2)6-11(15-13(17)18)12(16)9-4-3-5-10(14)7-9/h3-5,7-8,11-12,15-16H,6H2,1-2H3,(H,17,18)/t11-,12?/m0/s1. The number of benzene rings is 1. The van der Waals surface area contributed by atoms with E-state index in [4.69, 9.17) is 5.11 Å². The van der Waals surface area contributed by atoms with Gasteiger partial charge in [-0.2, -0.15) is 0 Å². The Hall–Kier alpha value is -1.62. The highest BCUT2D eigenvalue weighted by atomic mass is 19.1. The van der Waals surface area contributed by atoms with Crippen LogP contribution in [-0.4, -0.2) is 22.3 Å². The van der Waals surface area contributed by atoms with Crippen molar-refractivity contribution in [1.29, 1.82) is 0 Å². The van der Waals surface area contributed by atoms with Gasteiger partial charge in [0.25, 0.3) is 0 Å². The van der Waals surface area contributed by atoms with Gasteiger partial charge in [-0.05, 0) is 30.0 Å². The monoisotopic (exact) mass is 255 g/mol. The lowest BCUT2D eigenvalue weighted by Crippen LogP contribution is -2.39. The van der Waals surface area contributed by atoms with Gasteiger partial charge in [-0.25, -0.2) is 9.18 Å². The van der Waals surface area contributed by atoms with E-state index in [0.717, 1.165) is 0 Å². The van der Waals surface area contributed by atoms with Crippen LogP contribution in [0.25, 0.3) is 0 Å². The molecule has 0 radical (unpaired) electrons. The summed E-state index contributed by atoms with van der Waals surface area (Å²) in [5.74, 6) is -0.241. The summed E-state index contributed by atoms with van der Waals surface area (Å²) in [5.41, 5.74) is 0.370. The van der Waals surface area contributed by atoms with Crippen molar-refractivity contribution in [2.75, 3.05) is 0 Å². The molecule has 1 aromatic rings. The van der Waals surface area contributed by atoms with E-state index in [9.17, 15) is 14.3 Å². The van der Waals surface area contributed by atoms with E-state index in [0.29, 0.717) is 12.0 Å². The lowest BCUT2D eigenvalue weighted by Gasteiger charge is -2.24. The number of amides is 1. The molecule has 1 rings (SSSR count). The zero-order valence-electron chi connectivity index (χ0n) is 10.4. The molecule has 0 aliphatic rings. The Morgan fingerprint density at radius 1 is 1.44 bits per heavy atom. The predicted molar refractivity (Wildman–Crippen MR) is 65.8 cm³/mol. The molecular weight excluding hydrogens is 237 g/mol. The Balaban J connectivity index is 2.86. The smallest absolute Gasteiger partial charge is 0.404 e. The van der Waals surface area contributed by atoms with Crippen LogP contribution in [0.3, 0.4) is 0 Å². The largest absolute Gasteiger partial charge is 0.465 e. The van der Waals surface area contributed by atoms with Crippen molar-refractivity contribution in [1.82, 2.24) is 5.32 Å². The first-order valence-electron chi connectivity index (χ1n) is 5.83. The zero-order chi connectivity index (χ0) is 13.7. The quantitative estimate of drug-likeness (QED) is 0.757. The Labute approximate surface area is 105 Å². The minimum Gasteiger partial charge on any atom is -0.465 e. The lowest BCUT2D eigenvalue weighted by atomic mass is 9.94. The van der Waals surface area contributed by atoms with Crippen LogP contribution in [0.4, 0.5) is 9.18 Å². The Kier molecular flexibility index (Phi) is 5.09. The van der Waals surface area contributed by atoms with Crippen molar-refractivity contribution >= 4 is 6.09 Å². The first-order chi connectivity index (χ1) is 8.40. The molecule has 4 nitrogen and oxygen atoms in total. The van der Waals surface area contributed by atoms with Gasteiger partial charge in [0.15, 0.2) is 0 Å². The first-order valence-corrected chi connectivity index (χ1v) is 5.83. The molecule has 0 saturated heterocycles. The number of nitrogens with one attached hydrogen (secondary N) is 1. The number of carboxylic acid groups (broad SMARTS) is 1. The van der Waals surface area contributed by atoms with Gasteiger partial charge >= 0.3 is 6.09 Å². The molecule has 100 valence electrons. The van der Waals surface area contributed by atoms with Gasteiger partial charge < -0.3 is 15.5 Å². The van der Waals surface area contributed by atoms with Crippen LogP contribution in [0, 0.1) is 11.7 Å². The molecule has 1 aromatic carbocycles. The fraction of sp³-hybridized carbons (Fsp3) is 0.462. The highest BCUT2D eigenvalue weighted by Gasteiger charge is 2.23. The van der Waals surface area contributed by atoms with Crippen molar-refractivity contribution in [2.24, 2.45) is 5.92 Å². The number of aliphatic hydroxyl groups excluding tert-OH is 1. The van der Waals surface area contributed by atoms with Gasteiger partial charge in [0.2, 0.25) is 0 Å². The van der Waals surface area contributed by atoms with Crippen LogP contribution in [0.15, 0.2) is 24.3 Å². The molecule has 0 fully saturated rings. The maximum atomic E-state index is 13.1. The summed E-state index contributed by atoms with van der Waals surface area (Å²) in [7, 11) is 0. The summed E-state index contributed by atoms with van der Waals surface area (Å²) in [6.45, 7) is 3.85. The molecule has 5 heteroatoms. The molecule has 1 unspecified atom stereocenters. The number of halogens is 1. The second kappa shape index (κ2) is 6.35. The van der Waals surface area contributed by atoms with Crippen molar-refractivity contribution < 1.29 is 19.4 Å². The van der Waals surface area contributed by atoms with Gasteiger partial charge in [-0.3, -0.25) is 0 Å². The number of rotatable bonds is 5. The second-order valence-electron chi connectivity index (χ2n) is 4.69. The second-order valence-corrected chi connectivity index (χ2v) is 4.69. The van der Waals surface area contributed by atoms with E-state index in [1.807, 2.05) is 13.8 Å². The molecule has 1 amide bonds. The van der Waals surface area contributed by atoms with E-state index in [2.05, 4.69) is 5.32 Å². The molecule has 0 bridgehead atoms. The summed E-state index contributed by atoms with van der Waals surface area (Å²) < 4.78 is 13.1. The van der Waals surface area contributed by atoms with Crippen molar-refractivity contribution in [3.63, 3.8) is 0 Å². The molecule has 0 aromatic heterocycles. The SMILES string of the molecule is CC(C)C[C@H](NC(=O)O)C(O)c1cccc(F)c1. The average Bonchev–Trinajstić information content (AvgIpc) is 2.26. The molecular formula is C13H18FNO3. The van der Waals surface area contributed by atoms with Crippen molar-refractivity contribution in [2.45, 2.75) is 32.4 Å². The third kappa shape index (κ3) is 4.33. The molecule has 0 saturated carbocycles. The Morgan fingerprint density at radius 2 is 2.11 bits per heavy atom. The molecule has 0 aliphatic carbocycles. The van der Waals surface area contributed by atoms with Crippen LogP contribution in [0.5, 0.6) is 0 Å². The summed E-state index contributed by atoms with van der Waals surface area (Å²) in [6.07, 6.45) is -1.78. The number of hydrogen-bond donors (Lipinski definition) is 3. The fourth-order valence-electron chi connectivity index (χ4n) is 1.86. The number of aliphatic hydroxyl groups is 1. The summed E-state index contributed by atoms with van der Waals surface area (Å²) in [5, 5.41) is 21.1. The van der Waals surface area contributed by atoms with Gasteiger partial charge in [-0.15, -0.1) is 0 Å². The predicted octanol–water partition coefficient (Wildman–Crippen LogP) is 2.54. The molecule has 2 atom stereocenters. The maximum Gasteiger partial charge on any atom is 0.404 e. The van der Waals surface area contributed by atoms with Crippen LogP contribution < -0.4 is 5.32 Å².